The number of rotatable bonds is 0. The van der Waals surface area contributed by atoms with E-state index in [0.717, 1.165) is 0 Å². The molecular formula is C6H5N3O3. The quantitative estimate of drug-likeness (QED) is 0.561. The van der Waals surface area contributed by atoms with E-state index in [-0.39, 0.29) is 6.61 Å². The smallest absolute Gasteiger partial charge is 0.413 e. The molecule has 2 heterocycles. The highest BCUT2D eigenvalue weighted by molar-refractivity contribution is 5.85. The topological polar surface area (TPSA) is 84.1 Å². The Kier molecular flexibility index (Phi) is 1.33. The highest BCUT2D eigenvalue weighted by Gasteiger charge is 2.15. The molecule has 62 valence electrons. The van der Waals surface area contributed by atoms with Crippen molar-refractivity contribution in [1.29, 1.82) is 0 Å². The van der Waals surface area contributed by atoms with Crippen LogP contribution in [0.3, 0.4) is 0 Å². The summed E-state index contributed by atoms with van der Waals surface area (Å²) in [7, 11) is 0. The van der Waals surface area contributed by atoms with Crippen molar-refractivity contribution >= 4 is 11.9 Å². The molecule has 2 rings (SSSR count). The molecule has 0 fully saturated rings. The molecule has 1 aliphatic heterocycles. The fourth-order valence-corrected chi connectivity index (χ4v) is 0.923. The zero-order chi connectivity index (χ0) is 8.55. The molecule has 0 bridgehead atoms. The third kappa shape index (κ3) is 1.03. The van der Waals surface area contributed by atoms with Crippen LogP contribution in [-0.2, 0) is 11.3 Å². The number of nitrogens with zero attached hydrogens (tertiary/aromatic N) is 1. The van der Waals surface area contributed by atoms with Gasteiger partial charge in [-0.05, 0) is 0 Å². The van der Waals surface area contributed by atoms with Crippen LogP contribution in [-0.4, -0.2) is 16.1 Å². The van der Waals surface area contributed by atoms with Gasteiger partial charge in [0.25, 0.3) is 0 Å². The van der Waals surface area contributed by atoms with Crippen LogP contribution >= 0.6 is 0 Å². The Morgan fingerprint density at radius 3 is 3.17 bits per heavy atom. The Hall–Kier alpha value is -1.85. The van der Waals surface area contributed by atoms with Crippen molar-refractivity contribution in [3.8, 4) is 0 Å². The van der Waals surface area contributed by atoms with E-state index in [1.165, 1.54) is 6.20 Å². The number of carbonyl (C=O) groups is 1. The Morgan fingerprint density at radius 2 is 2.33 bits per heavy atom. The maximum Gasteiger partial charge on any atom is 0.413 e. The fraction of sp³-hybridized carbons (Fsp3) is 0.167. The number of ether oxygens (including phenoxy) is 1. The number of anilines is 1. The lowest BCUT2D eigenvalue weighted by atomic mass is 10.3. The number of fused-ring (bicyclic) bond motifs is 1. The van der Waals surface area contributed by atoms with Crippen LogP contribution < -0.4 is 11.0 Å². The minimum absolute atomic E-state index is 0.144. The van der Waals surface area contributed by atoms with Gasteiger partial charge in [-0.1, -0.05) is 0 Å². The molecule has 1 aromatic heterocycles. The summed E-state index contributed by atoms with van der Waals surface area (Å²) in [6.07, 6.45) is 0.803. The molecule has 0 atom stereocenters. The first-order chi connectivity index (χ1) is 5.75. The Morgan fingerprint density at radius 1 is 1.50 bits per heavy atom. The number of H-pyrrole nitrogens is 1. The molecule has 6 nitrogen and oxygen atoms in total. The predicted molar refractivity (Wildman–Crippen MR) is 38.7 cm³/mol. The zero-order valence-corrected chi connectivity index (χ0v) is 5.96. The van der Waals surface area contributed by atoms with Crippen LogP contribution in [0, 0.1) is 0 Å². The average Bonchev–Trinajstić information content (AvgIpc) is 2.03. The van der Waals surface area contributed by atoms with Crippen molar-refractivity contribution in [1.82, 2.24) is 9.97 Å². The molecule has 0 saturated heterocycles. The molecule has 1 aromatic rings. The van der Waals surface area contributed by atoms with Crippen molar-refractivity contribution in [2.24, 2.45) is 0 Å². The molecular weight excluding hydrogens is 162 g/mol. The molecule has 1 aliphatic rings. The number of amides is 1. The maximum atomic E-state index is 10.7. The van der Waals surface area contributed by atoms with Crippen LogP contribution in [0.5, 0.6) is 0 Å². The van der Waals surface area contributed by atoms with Crippen molar-refractivity contribution in [3.63, 3.8) is 0 Å². The van der Waals surface area contributed by atoms with Crippen LogP contribution in [0.1, 0.15) is 5.56 Å². The van der Waals surface area contributed by atoms with E-state index < -0.39 is 11.8 Å². The molecule has 1 amide bonds. The minimum atomic E-state index is -0.565. The van der Waals surface area contributed by atoms with Crippen molar-refractivity contribution in [2.45, 2.75) is 6.61 Å². The summed E-state index contributed by atoms with van der Waals surface area (Å²) in [5, 5.41) is 2.34. The molecule has 0 aromatic carbocycles. The molecule has 6 heteroatoms. The van der Waals surface area contributed by atoms with E-state index in [2.05, 4.69) is 20.0 Å². The van der Waals surface area contributed by atoms with Crippen molar-refractivity contribution < 1.29 is 9.53 Å². The Labute approximate surface area is 66.6 Å². The van der Waals surface area contributed by atoms with Crippen LogP contribution in [0.25, 0.3) is 0 Å². The first-order valence-electron chi connectivity index (χ1n) is 3.28. The van der Waals surface area contributed by atoms with Gasteiger partial charge in [0.15, 0.2) is 0 Å². The first kappa shape index (κ1) is 6.84. The van der Waals surface area contributed by atoms with Crippen LogP contribution in [0.2, 0.25) is 0 Å². The fourth-order valence-electron chi connectivity index (χ4n) is 0.923. The second-order valence-corrected chi connectivity index (χ2v) is 2.29. The van der Waals surface area contributed by atoms with Gasteiger partial charge < -0.3 is 4.74 Å². The number of aromatic nitrogens is 2. The van der Waals surface area contributed by atoms with Gasteiger partial charge in [-0.3, -0.25) is 10.3 Å². The summed E-state index contributed by atoms with van der Waals surface area (Å²) in [5.74, 6) is 0.367. The summed E-state index contributed by atoms with van der Waals surface area (Å²) < 4.78 is 4.63. The summed E-state index contributed by atoms with van der Waals surface area (Å²) in [5.41, 5.74) is 0.171. The lowest BCUT2D eigenvalue weighted by molar-refractivity contribution is 0.150. The molecule has 0 radical (unpaired) electrons. The lowest BCUT2D eigenvalue weighted by Crippen LogP contribution is -2.25. The van der Waals surface area contributed by atoms with Gasteiger partial charge in [-0.2, -0.15) is 0 Å². The van der Waals surface area contributed by atoms with Gasteiger partial charge in [-0.25, -0.2) is 14.6 Å². The van der Waals surface area contributed by atoms with Crippen molar-refractivity contribution in [3.05, 3.63) is 22.2 Å². The van der Waals surface area contributed by atoms with E-state index in [1.807, 2.05) is 0 Å². The van der Waals surface area contributed by atoms with Crippen molar-refractivity contribution in [2.75, 3.05) is 5.32 Å². The van der Waals surface area contributed by atoms with Gasteiger partial charge in [0, 0.05) is 11.8 Å². The Bertz CT molecular complexity index is 384. The predicted octanol–water partition coefficient (Wildman–Crippen LogP) is -0.168. The summed E-state index contributed by atoms with van der Waals surface area (Å²) in [6.45, 7) is 0.144. The number of hydrogen-bond acceptors (Lipinski definition) is 4. The highest BCUT2D eigenvalue weighted by Crippen LogP contribution is 2.14. The maximum absolute atomic E-state index is 10.7. The van der Waals surface area contributed by atoms with E-state index in [0.29, 0.717) is 11.4 Å². The molecule has 2 N–H and O–H groups in total. The first-order valence-corrected chi connectivity index (χ1v) is 3.28. The number of nitrogens with one attached hydrogen (secondary N) is 2. The molecule has 0 aliphatic carbocycles. The van der Waals surface area contributed by atoms with Gasteiger partial charge >= 0.3 is 11.8 Å². The van der Waals surface area contributed by atoms with Gasteiger partial charge in [0.05, 0.1) is 0 Å². The van der Waals surface area contributed by atoms with Gasteiger partial charge in [-0.15, -0.1) is 0 Å². The lowest BCUT2D eigenvalue weighted by Gasteiger charge is -2.15. The number of hydrogen-bond donors (Lipinski definition) is 2. The standard InChI is InChI=1S/C6H5N3O3/c10-5-7-1-3-2-12-6(11)9-4(3)8-5/h1H,2H2,(H2,7,8,9,10,11). The van der Waals surface area contributed by atoms with Crippen LogP contribution in [0.4, 0.5) is 10.6 Å². The zero-order valence-electron chi connectivity index (χ0n) is 5.96. The monoisotopic (exact) mass is 167 g/mol. The summed E-state index contributed by atoms with van der Waals surface area (Å²) >= 11 is 0. The highest BCUT2D eigenvalue weighted by atomic mass is 16.5. The SMILES string of the molecule is O=C1Nc2[nH]c(=O)ncc2CO1. The second-order valence-electron chi connectivity index (χ2n) is 2.29. The third-order valence-corrected chi connectivity index (χ3v) is 1.48. The molecule has 12 heavy (non-hydrogen) atoms. The molecule has 0 saturated carbocycles. The summed E-state index contributed by atoms with van der Waals surface area (Å²) in [4.78, 5) is 27.2. The Balaban J connectivity index is 2.50. The van der Waals surface area contributed by atoms with Gasteiger partial charge in [0.1, 0.15) is 12.4 Å². The van der Waals surface area contributed by atoms with Crippen LogP contribution in [0.15, 0.2) is 11.0 Å². The number of aromatic amines is 1. The van der Waals surface area contributed by atoms with Gasteiger partial charge in [0.2, 0.25) is 0 Å². The third-order valence-electron chi connectivity index (χ3n) is 1.48. The van der Waals surface area contributed by atoms with E-state index in [1.54, 1.807) is 0 Å². The molecule has 0 unspecified atom stereocenters. The van der Waals surface area contributed by atoms with E-state index in [9.17, 15) is 9.59 Å². The average molecular weight is 167 g/mol. The largest absolute Gasteiger partial charge is 0.444 e. The number of cyclic esters (lactones) is 1. The normalized spacial score (nSPS) is 14.5. The number of carbonyl (C=O) groups excluding carboxylic acids is 1. The summed E-state index contributed by atoms with van der Waals surface area (Å²) in [6, 6.07) is 0. The molecule has 0 spiro atoms. The van der Waals surface area contributed by atoms with E-state index >= 15 is 0 Å². The van der Waals surface area contributed by atoms with E-state index in [4.69, 9.17) is 0 Å². The minimum Gasteiger partial charge on any atom is -0.444 e. The second kappa shape index (κ2) is 2.33.